The van der Waals surface area contributed by atoms with Crippen LogP contribution in [0.1, 0.15) is 67.2 Å². The number of hydrogen-bond donors (Lipinski definition) is 0. The van der Waals surface area contributed by atoms with Gasteiger partial charge in [0.05, 0.1) is 6.42 Å². The molecule has 0 nitrogen and oxygen atoms in total. The third kappa shape index (κ3) is 7.54. The number of hydrogen-bond acceptors (Lipinski definition) is 0. The Hall–Kier alpha value is -1.12. The maximum Gasteiger partial charge on any atom is 0.400 e. The standard InChI is InChI=1S/C11H14F8.C11H16F8/c1-5-4-8(2,11(17,18)19)10(15,16)7(6(5)12)9(3,13)14;1-4-7(12)5-8(2,11(17,18)19)10(15,16)6-9(3,13)14/h5-7H,4H2,1-3H3;7H,4-6H2,1-3H3. The van der Waals surface area contributed by atoms with Crippen molar-refractivity contribution < 1.29 is 70.2 Å². The zero-order chi connectivity index (χ0) is 31.1. The molecule has 38 heavy (non-hydrogen) atoms. The molecule has 0 radical (unpaired) electrons. The molecule has 0 amide bonds. The van der Waals surface area contributed by atoms with Crippen LogP contribution in [0.5, 0.6) is 0 Å². The van der Waals surface area contributed by atoms with Crippen LogP contribution in [0.4, 0.5) is 70.2 Å². The lowest BCUT2D eigenvalue weighted by Crippen LogP contribution is -2.64. The quantitative estimate of drug-likeness (QED) is 0.256. The predicted octanol–water partition coefficient (Wildman–Crippen LogP) is 10.2. The first-order valence-electron chi connectivity index (χ1n) is 11.2. The summed E-state index contributed by atoms with van der Waals surface area (Å²) < 4.78 is 210. The van der Waals surface area contributed by atoms with Gasteiger partial charge in [0.1, 0.15) is 29.1 Å². The average Bonchev–Trinajstić information content (AvgIpc) is 2.61. The Kier molecular flexibility index (Phi) is 10.7. The fourth-order valence-electron chi connectivity index (χ4n) is 4.31. The molecule has 0 bridgehead atoms. The molecule has 6 unspecified atom stereocenters. The van der Waals surface area contributed by atoms with Crippen molar-refractivity contribution >= 4 is 0 Å². The Bertz CT molecular complexity index is 741. The summed E-state index contributed by atoms with van der Waals surface area (Å²) in [7, 11) is 0. The van der Waals surface area contributed by atoms with Gasteiger partial charge in [-0.3, -0.25) is 0 Å². The van der Waals surface area contributed by atoms with E-state index in [0.29, 0.717) is 0 Å². The fourth-order valence-corrected chi connectivity index (χ4v) is 4.31. The van der Waals surface area contributed by atoms with Crippen LogP contribution in [0.3, 0.4) is 0 Å². The van der Waals surface area contributed by atoms with Gasteiger partial charge in [0.25, 0.3) is 23.7 Å². The summed E-state index contributed by atoms with van der Waals surface area (Å²) in [5.41, 5.74) is -7.49. The van der Waals surface area contributed by atoms with Crippen molar-refractivity contribution in [3.8, 4) is 0 Å². The molecule has 1 saturated carbocycles. The lowest BCUT2D eigenvalue weighted by atomic mass is 9.61. The van der Waals surface area contributed by atoms with Gasteiger partial charge in [0, 0.05) is 0 Å². The van der Waals surface area contributed by atoms with Crippen LogP contribution in [0.25, 0.3) is 0 Å². The molecular weight excluding hydrogens is 568 g/mol. The summed E-state index contributed by atoms with van der Waals surface area (Å²) in [5, 5.41) is 0. The summed E-state index contributed by atoms with van der Waals surface area (Å²) in [4.78, 5) is 0. The van der Waals surface area contributed by atoms with Crippen LogP contribution in [0.15, 0.2) is 0 Å². The number of alkyl halides is 16. The van der Waals surface area contributed by atoms with E-state index in [-0.39, 0.29) is 27.7 Å². The minimum Gasteiger partial charge on any atom is -0.247 e. The van der Waals surface area contributed by atoms with Crippen molar-refractivity contribution in [2.45, 2.75) is 116 Å². The van der Waals surface area contributed by atoms with E-state index in [1.807, 2.05) is 0 Å². The van der Waals surface area contributed by atoms with Crippen molar-refractivity contribution in [3.63, 3.8) is 0 Å². The van der Waals surface area contributed by atoms with Gasteiger partial charge in [-0.25, -0.2) is 43.9 Å². The normalized spacial score (nSPS) is 29.7. The largest absolute Gasteiger partial charge is 0.400 e. The molecule has 0 aliphatic heterocycles. The summed E-state index contributed by atoms with van der Waals surface area (Å²) in [5.74, 6) is -22.7. The lowest BCUT2D eigenvalue weighted by Gasteiger charge is -2.51. The second-order valence-corrected chi connectivity index (χ2v) is 10.5. The molecule has 0 aromatic rings. The highest BCUT2D eigenvalue weighted by molar-refractivity contribution is 5.09. The van der Waals surface area contributed by atoms with E-state index in [9.17, 15) is 70.2 Å². The molecule has 0 aromatic heterocycles. The summed E-state index contributed by atoms with van der Waals surface area (Å²) in [6.45, 7) is 2.50. The molecule has 230 valence electrons. The second kappa shape index (κ2) is 11.0. The lowest BCUT2D eigenvalue weighted by molar-refractivity contribution is -0.353. The van der Waals surface area contributed by atoms with Gasteiger partial charge in [-0.1, -0.05) is 13.8 Å². The minimum absolute atomic E-state index is 0.0208. The molecular formula is C22H30F16. The van der Waals surface area contributed by atoms with Crippen molar-refractivity contribution in [2.24, 2.45) is 22.7 Å². The molecule has 0 spiro atoms. The van der Waals surface area contributed by atoms with E-state index >= 15 is 0 Å². The van der Waals surface area contributed by atoms with E-state index in [1.54, 1.807) is 0 Å². The van der Waals surface area contributed by atoms with Crippen LogP contribution in [0.2, 0.25) is 0 Å². The van der Waals surface area contributed by atoms with Gasteiger partial charge in [0.15, 0.2) is 0 Å². The van der Waals surface area contributed by atoms with Gasteiger partial charge >= 0.3 is 12.4 Å². The molecule has 16 heteroatoms. The third-order valence-electron chi connectivity index (χ3n) is 6.93. The maximum atomic E-state index is 13.9. The van der Waals surface area contributed by atoms with Crippen LogP contribution in [-0.2, 0) is 0 Å². The highest BCUT2D eigenvalue weighted by Gasteiger charge is 2.76. The highest BCUT2D eigenvalue weighted by atomic mass is 19.4. The SMILES string of the molecule is CC1CC(C)(C(F)(F)F)C(F)(F)C(C(C)(F)F)C1F.CCC(F)CC(C)(C(F)(F)F)C(F)(F)CC(C)(F)F. The van der Waals surface area contributed by atoms with E-state index in [0.717, 1.165) is 6.92 Å². The van der Waals surface area contributed by atoms with Gasteiger partial charge in [0.2, 0.25) is 0 Å². The molecule has 6 atom stereocenters. The molecule has 1 aliphatic rings. The van der Waals surface area contributed by atoms with E-state index in [2.05, 4.69) is 0 Å². The maximum absolute atomic E-state index is 13.9. The zero-order valence-corrected chi connectivity index (χ0v) is 21.2. The highest BCUT2D eigenvalue weighted by Crippen LogP contribution is 2.63. The Morgan fingerprint density at radius 1 is 0.842 bits per heavy atom. The summed E-state index contributed by atoms with van der Waals surface area (Å²) >= 11 is 0. The van der Waals surface area contributed by atoms with Crippen molar-refractivity contribution in [3.05, 3.63) is 0 Å². The van der Waals surface area contributed by atoms with Crippen LogP contribution >= 0.6 is 0 Å². The fraction of sp³-hybridized carbons (Fsp3) is 1.00. The van der Waals surface area contributed by atoms with Gasteiger partial charge in [-0.2, -0.15) is 26.3 Å². The zero-order valence-electron chi connectivity index (χ0n) is 21.2. The molecule has 1 fully saturated rings. The van der Waals surface area contributed by atoms with E-state index < -0.39 is 96.7 Å². The smallest absolute Gasteiger partial charge is 0.247 e. The van der Waals surface area contributed by atoms with Gasteiger partial charge < -0.3 is 0 Å². The molecule has 0 saturated heterocycles. The molecule has 1 aliphatic carbocycles. The molecule has 0 heterocycles. The molecule has 1 rings (SSSR count). The molecule has 0 aromatic carbocycles. The van der Waals surface area contributed by atoms with Crippen LogP contribution < -0.4 is 0 Å². The topological polar surface area (TPSA) is 0 Å². The van der Waals surface area contributed by atoms with Crippen molar-refractivity contribution in [1.82, 2.24) is 0 Å². The van der Waals surface area contributed by atoms with Crippen LogP contribution in [-0.4, -0.2) is 48.4 Å². The average molecular weight is 598 g/mol. The monoisotopic (exact) mass is 598 g/mol. The molecule has 0 N–H and O–H groups in total. The van der Waals surface area contributed by atoms with Crippen molar-refractivity contribution in [1.29, 1.82) is 0 Å². The Morgan fingerprint density at radius 3 is 1.55 bits per heavy atom. The summed E-state index contributed by atoms with van der Waals surface area (Å²) in [6, 6.07) is 0. The van der Waals surface area contributed by atoms with E-state index in [4.69, 9.17) is 0 Å². The predicted molar refractivity (Wildman–Crippen MR) is 106 cm³/mol. The number of halogens is 16. The van der Waals surface area contributed by atoms with Crippen molar-refractivity contribution in [2.75, 3.05) is 0 Å². The Labute approximate surface area is 209 Å². The van der Waals surface area contributed by atoms with Gasteiger partial charge in [-0.15, -0.1) is 0 Å². The second-order valence-electron chi connectivity index (χ2n) is 10.5. The Balaban J connectivity index is 0.000000721. The first-order valence-corrected chi connectivity index (χ1v) is 11.2. The first kappa shape index (κ1) is 36.9. The first-order chi connectivity index (χ1) is 16.3. The van der Waals surface area contributed by atoms with Crippen LogP contribution in [0, 0.1) is 22.7 Å². The summed E-state index contributed by atoms with van der Waals surface area (Å²) in [6.07, 6.45) is -21.1. The van der Waals surface area contributed by atoms with E-state index in [1.165, 1.54) is 6.92 Å². The number of rotatable bonds is 7. The third-order valence-corrected chi connectivity index (χ3v) is 6.93. The van der Waals surface area contributed by atoms with Gasteiger partial charge in [-0.05, 0) is 52.9 Å². The minimum atomic E-state index is -5.48. The Morgan fingerprint density at radius 2 is 1.26 bits per heavy atom.